The number of carbonyl (C=O) groups is 1. The summed E-state index contributed by atoms with van der Waals surface area (Å²) in [7, 11) is -2.83. The lowest BCUT2D eigenvalue weighted by Gasteiger charge is -2.34. The molecule has 0 N–H and O–H groups in total. The third kappa shape index (κ3) is 4.38. The molecule has 29 heavy (non-hydrogen) atoms. The number of alkyl halides is 3. The van der Waals surface area contributed by atoms with Crippen molar-refractivity contribution in [1.82, 2.24) is 9.21 Å². The number of carbonyl (C=O) groups excluding carboxylic acids is 1. The minimum atomic E-state index is -4.78. The second-order valence-corrected chi connectivity index (χ2v) is 8.33. The SMILES string of the molecule is COc1ccc(C(=O)N2CCN(S(=O)(=O)c3ccccc3C(F)(F)F)CC2)cc1. The number of benzene rings is 2. The van der Waals surface area contributed by atoms with Gasteiger partial charge in [-0.1, -0.05) is 12.1 Å². The maximum absolute atomic E-state index is 13.2. The zero-order valence-electron chi connectivity index (χ0n) is 15.5. The minimum Gasteiger partial charge on any atom is -0.497 e. The van der Waals surface area contributed by atoms with Gasteiger partial charge in [-0.15, -0.1) is 0 Å². The molecule has 1 heterocycles. The number of amides is 1. The lowest BCUT2D eigenvalue weighted by Crippen LogP contribution is -2.50. The Kier molecular flexibility index (Phi) is 5.85. The molecule has 3 rings (SSSR count). The van der Waals surface area contributed by atoms with E-state index < -0.39 is 26.7 Å². The maximum atomic E-state index is 13.2. The highest BCUT2D eigenvalue weighted by molar-refractivity contribution is 7.89. The van der Waals surface area contributed by atoms with Crippen molar-refractivity contribution in [3.8, 4) is 5.75 Å². The zero-order valence-corrected chi connectivity index (χ0v) is 16.3. The summed E-state index contributed by atoms with van der Waals surface area (Å²) in [5.74, 6) is 0.321. The number of methoxy groups -OCH3 is 1. The van der Waals surface area contributed by atoms with Crippen LogP contribution in [0.5, 0.6) is 5.75 Å². The first-order valence-electron chi connectivity index (χ1n) is 8.74. The Morgan fingerprint density at radius 1 is 0.966 bits per heavy atom. The Hall–Kier alpha value is -2.59. The summed E-state index contributed by atoms with van der Waals surface area (Å²) in [6.45, 7) is -0.0105. The fourth-order valence-electron chi connectivity index (χ4n) is 3.11. The first kappa shape index (κ1) is 21.1. The van der Waals surface area contributed by atoms with Crippen molar-refractivity contribution in [1.29, 1.82) is 0 Å². The number of hydrogen-bond donors (Lipinski definition) is 0. The molecule has 2 aromatic carbocycles. The van der Waals surface area contributed by atoms with Crippen LogP contribution >= 0.6 is 0 Å². The molecule has 0 aromatic heterocycles. The number of halogens is 3. The van der Waals surface area contributed by atoms with Crippen LogP contribution in [-0.4, -0.2) is 56.8 Å². The van der Waals surface area contributed by atoms with Crippen LogP contribution in [0.25, 0.3) is 0 Å². The van der Waals surface area contributed by atoms with Crippen molar-refractivity contribution in [2.45, 2.75) is 11.1 Å². The topological polar surface area (TPSA) is 66.9 Å². The van der Waals surface area contributed by atoms with E-state index in [0.29, 0.717) is 11.3 Å². The standard InChI is InChI=1S/C19H19F3N2O4S/c1-28-15-8-6-14(7-9-15)18(25)23-10-12-24(13-11-23)29(26,27)17-5-3-2-4-16(17)19(20,21)22/h2-9H,10-13H2,1H3. The molecule has 1 aliphatic heterocycles. The molecule has 10 heteroatoms. The quantitative estimate of drug-likeness (QED) is 0.751. The predicted octanol–water partition coefficient (Wildman–Crippen LogP) is 2.86. The normalized spacial score (nSPS) is 15.9. The fourth-order valence-corrected chi connectivity index (χ4v) is 4.75. The largest absolute Gasteiger partial charge is 0.497 e. The molecule has 0 aliphatic carbocycles. The Morgan fingerprint density at radius 2 is 1.55 bits per heavy atom. The monoisotopic (exact) mass is 428 g/mol. The van der Waals surface area contributed by atoms with Gasteiger partial charge in [0.25, 0.3) is 5.91 Å². The number of sulfonamides is 1. The van der Waals surface area contributed by atoms with E-state index in [-0.39, 0.29) is 32.1 Å². The molecule has 1 aliphatic rings. The second-order valence-electron chi connectivity index (χ2n) is 6.42. The summed E-state index contributed by atoms with van der Waals surface area (Å²) in [6.07, 6.45) is -4.78. The number of nitrogens with zero attached hydrogens (tertiary/aromatic N) is 2. The van der Waals surface area contributed by atoms with E-state index in [9.17, 15) is 26.4 Å². The highest BCUT2D eigenvalue weighted by atomic mass is 32.2. The van der Waals surface area contributed by atoms with Crippen LogP contribution < -0.4 is 4.74 Å². The van der Waals surface area contributed by atoms with Crippen molar-refractivity contribution < 1.29 is 31.1 Å². The van der Waals surface area contributed by atoms with Gasteiger partial charge in [0.2, 0.25) is 10.0 Å². The van der Waals surface area contributed by atoms with Crippen LogP contribution in [0.1, 0.15) is 15.9 Å². The Morgan fingerprint density at radius 3 is 2.10 bits per heavy atom. The molecule has 6 nitrogen and oxygen atoms in total. The van der Waals surface area contributed by atoms with Crippen molar-refractivity contribution in [3.63, 3.8) is 0 Å². The average molecular weight is 428 g/mol. The molecule has 0 radical (unpaired) electrons. The summed E-state index contributed by atoms with van der Waals surface area (Å²) in [4.78, 5) is 13.3. The van der Waals surface area contributed by atoms with Gasteiger partial charge in [0.05, 0.1) is 17.6 Å². The molecule has 156 valence electrons. The second kappa shape index (κ2) is 8.03. The zero-order chi connectivity index (χ0) is 21.2. The lowest BCUT2D eigenvalue weighted by atomic mass is 10.2. The Bertz CT molecular complexity index is 983. The van der Waals surface area contributed by atoms with Crippen molar-refractivity contribution in [2.24, 2.45) is 0 Å². The van der Waals surface area contributed by atoms with Gasteiger partial charge in [-0.3, -0.25) is 4.79 Å². The summed E-state index contributed by atoms with van der Waals surface area (Å²) >= 11 is 0. The van der Waals surface area contributed by atoms with Crippen molar-refractivity contribution in [3.05, 3.63) is 59.7 Å². The highest BCUT2D eigenvalue weighted by Crippen LogP contribution is 2.35. The fraction of sp³-hybridized carbons (Fsp3) is 0.316. The van der Waals surface area contributed by atoms with Gasteiger partial charge in [0.15, 0.2) is 0 Å². The van der Waals surface area contributed by atoms with E-state index in [4.69, 9.17) is 4.74 Å². The molecular formula is C19H19F3N2O4S. The van der Waals surface area contributed by atoms with E-state index in [0.717, 1.165) is 22.5 Å². The van der Waals surface area contributed by atoms with E-state index in [2.05, 4.69) is 0 Å². The number of ether oxygens (including phenoxy) is 1. The molecule has 0 spiro atoms. The molecule has 0 saturated carbocycles. The summed E-state index contributed by atoms with van der Waals surface area (Å²) in [5, 5.41) is 0. The van der Waals surface area contributed by atoms with Crippen LogP contribution in [-0.2, 0) is 16.2 Å². The highest BCUT2D eigenvalue weighted by Gasteiger charge is 2.39. The lowest BCUT2D eigenvalue weighted by molar-refractivity contribution is -0.139. The van der Waals surface area contributed by atoms with Crippen LogP contribution in [0.15, 0.2) is 53.4 Å². The first-order valence-corrected chi connectivity index (χ1v) is 10.2. The van der Waals surface area contributed by atoms with Crippen molar-refractivity contribution in [2.75, 3.05) is 33.3 Å². The van der Waals surface area contributed by atoms with Gasteiger partial charge in [-0.25, -0.2) is 8.42 Å². The molecule has 1 fully saturated rings. The molecule has 2 aromatic rings. The molecule has 0 unspecified atom stereocenters. The van der Waals surface area contributed by atoms with E-state index >= 15 is 0 Å². The van der Waals surface area contributed by atoms with Gasteiger partial charge in [-0.2, -0.15) is 17.5 Å². The van der Waals surface area contributed by atoms with Crippen LogP contribution in [0.3, 0.4) is 0 Å². The molecule has 1 saturated heterocycles. The smallest absolute Gasteiger partial charge is 0.417 e. The van der Waals surface area contributed by atoms with Gasteiger partial charge in [0, 0.05) is 31.7 Å². The van der Waals surface area contributed by atoms with Crippen LogP contribution in [0, 0.1) is 0 Å². The van der Waals surface area contributed by atoms with Crippen molar-refractivity contribution >= 4 is 15.9 Å². The molecule has 0 bridgehead atoms. The predicted molar refractivity (Wildman–Crippen MR) is 99.1 cm³/mol. The molecule has 1 amide bonds. The number of hydrogen-bond acceptors (Lipinski definition) is 4. The van der Waals surface area contributed by atoms with Crippen LogP contribution in [0.4, 0.5) is 13.2 Å². The van der Waals surface area contributed by atoms with Gasteiger partial charge in [0.1, 0.15) is 5.75 Å². The third-order valence-electron chi connectivity index (χ3n) is 4.67. The minimum absolute atomic E-state index is 0.0816. The Labute approximate surface area is 166 Å². The average Bonchev–Trinajstić information content (AvgIpc) is 2.73. The summed E-state index contributed by atoms with van der Waals surface area (Å²) in [5.41, 5.74) is -0.777. The Balaban J connectivity index is 1.74. The molecular weight excluding hydrogens is 409 g/mol. The van der Waals surface area contributed by atoms with E-state index in [1.807, 2.05) is 0 Å². The van der Waals surface area contributed by atoms with Gasteiger partial charge >= 0.3 is 6.18 Å². The third-order valence-corrected chi connectivity index (χ3v) is 6.63. The summed E-state index contributed by atoms with van der Waals surface area (Å²) in [6, 6.07) is 10.6. The van der Waals surface area contributed by atoms with Gasteiger partial charge in [-0.05, 0) is 36.4 Å². The molecule has 0 atom stereocenters. The van der Waals surface area contributed by atoms with Gasteiger partial charge < -0.3 is 9.64 Å². The van der Waals surface area contributed by atoms with Crippen LogP contribution in [0.2, 0.25) is 0 Å². The van der Waals surface area contributed by atoms with E-state index in [1.165, 1.54) is 18.1 Å². The number of rotatable bonds is 4. The summed E-state index contributed by atoms with van der Waals surface area (Å²) < 4.78 is 71.2. The first-order chi connectivity index (χ1) is 13.6. The number of piperazine rings is 1. The maximum Gasteiger partial charge on any atom is 0.417 e. The van der Waals surface area contributed by atoms with E-state index in [1.54, 1.807) is 24.3 Å².